The maximum atomic E-state index is 13.8. The highest BCUT2D eigenvalue weighted by atomic mass is 35.5. The molecule has 4 rings (SSSR count). The molecule has 0 radical (unpaired) electrons. The van der Waals surface area contributed by atoms with E-state index < -0.39 is 0 Å². The van der Waals surface area contributed by atoms with Gasteiger partial charge in [0.1, 0.15) is 5.82 Å². The van der Waals surface area contributed by atoms with Gasteiger partial charge in [-0.1, -0.05) is 17.7 Å². The molecule has 158 valence electrons. The highest BCUT2D eigenvalue weighted by molar-refractivity contribution is 7.80. The first kappa shape index (κ1) is 21.3. The third-order valence-electron chi connectivity index (χ3n) is 5.20. The first-order valence-corrected chi connectivity index (χ1v) is 10.8. The summed E-state index contributed by atoms with van der Waals surface area (Å²) in [5.74, 6) is -0.237. The summed E-state index contributed by atoms with van der Waals surface area (Å²) in [6.07, 6.45) is 4.26. The van der Waals surface area contributed by atoms with E-state index in [9.17, 15) is 4.39 Å². The molecular formula is C24H22ClFN4S. The van der Waals surface area contributed by atoms with Gasteiger partial charge in [0.05, 0.1) is 0 Å². The van der Waals surface area contributed by atoms with Crippen molar-refractivity contribution in [3.8, 4) is 0 Å². The largest absolute Gasteiger partial charge is 0.358 e. The van der Waals surface area contributed by atoms with Crippen molar-refractivity contribution in [1.82, 2.24) is 14.9 Å². The van der Waals surface area contributed by atoms with E-state index in [-0.39, 0.29) is 5.82 Å². The SMILES string of the molecule is Cc1[nH]c2ccc(F)cc2c1CCN(Cc1ccncc1)C(=S)Nc1cccc(Cl)c1. The fraction of sp³-hybridized carbons (Fsp3) is 0.167. The van der Waals surface area contributed by atoms with Crippen LogP contribution in [0.5, 0.6) is 0 Å². The maximum absolute atomic E-state index is 13.8. The van der Waals surface area contributed by atoms with Crippen LogP contribution in [0.25, 0.3) is 10.9 Å². The van der Waals surface area contributed by atoms with Crippen LogP contribution in [0.3, 0.4) is 0 Å². The van der Waals surface area contributed by atoms with E-state index in [1.54, 1.807) is 24.5 Å². The Morgan fingerprint density at radius 1 is 1.16 bits per heavy atom. The van der Waals surface area contributed by atoms with E-state index in [2.05, 4.69) is 20.2 Å². The number of benzene rings is 2. The van der Waals surface area contributed by atoms with Crippen LogP contribution in [0.2, 0.25) is 5.02 Å². The topological polar surface area (TPSA) is 44.0 Å². The number of H-pyrrole nitrogens is 1. The van der Waals surface area contributed by atoms with Crippen molar-refractivity contribution in [3.05, 3.63) is 94.7 Å². The first-order valence-electron chi connectivity index (χ1n) is 9.97. The quantitative estimate of drug-likeness (QED) is 0.346. The second-order valence-corrected chi connectivity index (χ2v) is 8.21. The molecule has 0 fully saturated rings. The van der Waals surface area contributed by atoms with E-state index in [0.717, 1.165) is 39.8 Å². The number of pyridine rings is 1. The van der Waals surface area contributed by atoms with Gasteiger partial charge in [-0.3, -0.25) is 4.98 Å². The second-order valence-electron chi connectivity index (χ2n) is 7.39. The van der Waals surface area contributed by atoms with Crippen molar-refractivity contribution in [2.45, 2.75) is 19.9 Å². The molecule has 0 saturated carbocycles. The van der Waals surface area contributed by atoms with Gasteiger partial charge in [-0.05, 0) is 85.2 Å². The molecule has 0 saturated heterocycles. The smallest absolute Gasteiger partial charge is 0.173 e. The highest BCUT2D eigenvalue weighted by Crippen LogP contribution is 2.24. The van der Waals surface area contributed by atoms with Gasteiger partial charge in [-0.15, -0.1) is 0 Å². The number of halogens is 2. The molecule has 2 aromatic carbocycles. The number of thiocarbonyl (C=S) groups is 1. The normalized spacial score (nSPS) is 10.9. The standard InChI is InChI=1S/C24H22ClFN4S/c1-16-21(22-14-19(26)5-6-23(22)28-16)9-12-30(15-17-7-10-27-11-8-17)24(31)29-20-4-2-3-18(25)13-20/h2-8,10-11,13-14,28H,9,12,15H2,1H3,(H,29,31). The molecule has 0 amide bonds. The van der Waals surface area contributed by atoms with Gasteiger partial charge in [-0.2, -0.15) is 0 Å². The monoisotopic (exact) mass is 452 g/mol. The Balaban J connectivity index is 1.56. The van der Waals surface area contributed by atoms with E-state index in [0.29, 0.717) is 23.2 Å². The van der Waals surface area contributed by atoms with Crippen molar-refractivity contribution < 1.29 is 4.39 Å². The van der Waals surface area contributed by atoms with Gasteiger partial charge in [0.15, 0.2) is 5.11 Å². The number of aromatic amines is 1. The molecule has 2 aromatic heterocycles. The number of fused-ring (bicyclic) bond motifs is 1. The molecule has 0 aliphatic carbocycles. The van der Waals surface area contributed by atoms with Crippen LogP contribution < -0.4 is 5.32 Å². The fourth-order valence-electron chi connectivity index (χ4n) is 3.65. The van der Waals surface area contributed by atoms with Crippen LogP contribution >= 0.6 is 23.8 Å². The first-order chi connectivity index (χ1) is 15.0. The molecule has 0 atom stereocenters. The Hall–Kier alpha value is -2.96. The Kier molecular flexibility index (Phi) is 6.49. The van der Waals surface area contributed by atoms with Crippen LogP contribution in [0.4, 0.5) is 10.1 Å². The molecule has 0 aliphatic rings. The third kappa shape index (κ3) is 5.21. The Morgan fingerprint density at radius 3 is 2.74 bits per heavy atom. The average molecular weight is 453 g/mol. The number of hydrogen-bond donors (Lipinski definition) is 2. The molecule has 0 unspecified atom stereocenters. The molecule has 0 spiro atoms. The summed E-state index contributed by atoms with van der Waals surface area (Å²) in [4.78, 5) is 9.54. The van der Waals surface area contributed by atoms with Crippen LogP contribution in [-0.2, 0) is 13.0 Å². The Bertz CT molecular complexity index is 1210. The lowest BCUT2D eigenvalue weighted by atomic mass is 10.1. The predicted octanol–water partition coefficient (Wildman–Crippen LogP) is 6.11. The minimum atomic E-state index is -0.237. The van der Waals surface area contributed by atoms with E-state index >= 15 is 0 Å². The highest BCUT2D eigenvalue weighted by Gasteiger charge is 2.15. The van der Waals surface area contributed by atoms with Gasteiger partial charge < -0.3 is 15.2 Å². The minimum absolute atomic E-state index is 0.237. The molecular weight excluding hydrogens is 431 g/mol. The van der Waals surface area contributed by atoms with Crippen molar-refractivity contribution >= 4 is 45.5 Å². The molecule has 7 heteroatoms. The molecule has 31 heavy (non-hydrogen) atoms. The maximum Gasteiger partial charge on any atom is 0.173 e. The van der Waals surface area contributed by atoms with Gasteiger partial charge in [-0.25, -0.2) is 4.39 Å². The molecule has 2 heterocycles. The van der Waals surface area contributed by atoms with Crippen molar-refractivity contribution in [1.29, 1.82) is 0 Å². The van der Waals surface area contributed by atoms with Crippen molar-refractivity contribution in [3.63, 3.8) is 0 Å². The summed E-state index contributed by atoms with van der Waals surface area (Å²) in [7, 11) is 0. The number of nitrogens with one attached hydrogen (secondary N) is 2. The van der Waals surface area contributed by atoms with Crippen LogP contribution in [0.1, 0.15) is 16.8 Å². The average Bonchev–Trinajstić information content (AvgIpc) is 3.06. The summed E-state index contributed by atoms with van der Waals surface area (Å²) in [5, 5.41) is 5.44. The molecule has 2 N–H and O–H groups in total. The van der Waals surface area contributed by atoms with Gasteiger partial charge in [0.2, 0.25) is 0 Å². The van der Waals surface area contributed by atoms with E-state index in [1.807, 2.05) is 43.3 Å². The third-order valence-corrected chi connectivity index (χ3v) is 5.79. The minimum Gasteiger partial charge on any atom is -0.358 e. The van der Waals surface area contributed by atoms with Crippen LogP contribution in [-0.4, -0.2) is 26.5 Å². The zero-order chi connectivity index (χ0) is 21.8. The predicted molar refractivity (Wildman–Crippen MR) is 129 cm³/mol. The number of rotatable bonds is 6. The number of aryl methyl sites for hydroxylation is 1. The number of aromatic nitrogens is 2. The van der Waals surface area contributed by atoms with Crippen molar-refractivity contribution in [2.75, 3.05) is 11.9 Å². The zero-order valence-electron chi connectivity index (χ0n) is 17.0. The van der Waals surface area contributed by atoms with Crippen LogP contribution in [0, 0.1) is 12.7 Å². The fourth-order valence-corrected chi connectivity index (χ4v) is 4.12. The summed E-state index contributed by atoms with van der Waals surface area (Å²) in [6.45, 7) is 3.31. The lowest BCUT2D eigenvalue weighted by Crippen LogP contribution is -2.36. The van der Waals surface area contributed by atoms with Crippen molar-refractivity contribution in [2.24, 2.45) is 0 Å². The molecule has 0 bridgehead atoms. The number of hydrogen-bond acceptors (Lipinski definition) is 2. The number of anilines is 1. The summed E-state index contributed by atoms with van der Waals surface area (Å²) >= 11 is 11.8. The summed E-state index contributed by atoms with van der Waals surface area (Å²) in [5.41, 5.74) is 5.02. The molecule has 0 aliphatic heterocycles. The lowest BCUT2D eigenvalue weighted by molar-refractivity contribution is 0.423. The van der Waals surface area contributed by atoms with Gasteiger partial charge >= 0.3 is 0 Å². The lowest BCUT2D eigenvalue weighted by Gasteiger charge is -2.26. The molecule has 4 aromatic rings. The summed E-state index contributed by atoms with van der Waals surface area (Å²) < 4.78 is 13.8. The molecule has 4 nitrogen and oxygen atoms in total. The zero-order valence-corrected chi connectivity index (χ0v) is 18.6. The summed E-state index contributed by atoms with van der Waals surface area (Å²) in [6, 6.07) is 16.3. The van der Waals surface area contributed by atoms with Gasteiger partial charge in [0.25, 0.3) is 0 Å². The van der Waals surface area contributed by atoms with Gasteiger partial charge in [0, 0.05) is 52.8 Å². The number of nitrogens with zero attached hydrogens (tertiary/aromatic N) is 2. The Labute approximate surface area is 191 Å². The Morgan fingerprint density at radius 2 is 1.97 bits per heavy atom. The van der Waals surface area contributed by atoms with Crippen LogP contribution in [0.15, 0.2) is 67.0 Å². The second kappa shape index (κ2) is 9.45. The van der Waals surface area contributed by atoms with E-state index in [4.69, 9.17) is 23.8 Å². The van der Waals surface area contributed by atoms with E-state index in [1.165, 1.54) is 6.07 Å².